The van der Waals surface area contributed by atoms with E-state index in [0.29, 0.717) is 11.3 Å². The van der Waals surface area contributed by atoms with Gasteiger partial charge in [-0.2, -0.15) is 0 Å². The number of hydrogen-bond acceptors (Lipinski definition) is 2. The highest BCUT2D eigenvalue weighted by Gasteiger charge is 2.13. The van der Waals surface area contributed by atoms with Gasteiger partial charge in [-0.25, -0.2) is 0 Å². The first-order valence-corrected chi connectivity index (χ1v) is 5.57. The zero-order valence-electron chi connectivity index (χ0n) is 10.3. The number of ether oxygens (including phenoxy) is 1. The van der Waals surface area contributed by atoms with Gasteiger partial charge in [0.25, 0.3) is 5.91 Å². The monoisotopic (exact) mass is 221 g/mol. The maximum atomic E-state index is 11.9. The van der Waals surface area contributed by atoms with Gasteiger partial charge < -0.3 is 10.1 Å². The molecular weight excluding hydrogens is 202 g/mol. The van der Waals surface area contributed by atoms with Crippen LogP contribution in [0, 0.1) is 0 Å². The van der Waals surface area contributed by atoms with E-state index in [9.17, 15) is 4.79 Å². The molecule has 0 radical (unpaired) electrons. The minimum absolute atomic E-state index is 0.0630. The van der Waals surface area contributed by atoms with Crippen molar-refractivity contribution in [1.82, 2.24) is 5.32 Å². The van der Waals surface area contributed by atoms with Gasteiger partial charge in [-0.1, -0.05) is 12.1 Å². The normalized spacial score (nSPS) is 10.6. The van der Waals surface area contributed by atoms with Crippen LogP contribution in [0.1, 0.15) is 38.1 Å². The van der Waals surface area contributed by atoms with Gasteiger partial charge in [0.15, 0.2) is 0 Å². The lowest BCUT2D eigenvalue weighted by molar-refractivity contribution is 0.0937. The second-order valence-corrected chi connectivity index (χ2v) is 4.29. The second kappa shape index (κ2) is 5.54. The Hall–Kier alpha value is -1.51. The molecule has 1 rings (SSSR count). The van der Waals surface area contributed by atoms with E-state index in [1.54, 1.807) is 6.07 Å². The van der Waals surface area contributed by atoms with Crippen LogP contribution < -0.4 is 10.1 Å². The van der Waals surface area contributed by atoms with Crippen molar-refractivity contribution in [2.24, 2.45) is 0 Å². The van der Waals surface area contributed by atoms with Crippen LogP contribution >= 0.6 is 0 Å². The van der Waals surface area contributed by atoms with Gasteiger partial charge in [0, 0.05) is 6.04 Å². The first-order valence-electron chi connectivity index (χ1n) is 5.57. The molecule has 3 nitrogen and oxygen atoms in total. The van der Waals surface area contributed by atoms with Gasteiger partial charge in [0.1, 0.15) is 5.75 Å². The number of para-hydroxylation sites is 1. The Morgan fingerprint density at radius 1 is 1.19 bits per heavy atom. The van der Waals surface area contributed by atoms with Gasteiger partial charge in [-0.3, -0.25) is 4.79 Å². The third-order valence-corrected chi connectivity index (χ3v) is 1.91. The summed E-state index contributed by atoms with van der Waals surface area (Å²) in [5.41, 5.74) is 0.588. The van der Waals surface area contributed by atoms with E-state index in [1.165, 1.54) is 0 Å². The van der Waals surface area contributed by atoms with E-state index in [0.717, 1.165) is 0 Å². The zero-order valence-corrected chi connectivity index (χ0v) is 10.3. The van der Waals surface area contributed by atoms with Crippen LogP contribution in [-0.2, 0) is 0 Å². The molecule has 3 heteroatoms. The number of hydrogen-bond donors (Lipinski definition) is 1. The number of nitrogens with one attached hydrogen (secondary N) is 1. The minimum atomic E-state index is -0.0914. The predicted octanol–water partition coefficient (Wildman–Crippen LogP) is 2.61. The third kappa shape index (κ3) is 3.57. The molecule has 0 aliphatic heterocycles. The molecule has 0 heterocycles. The van der Waals surface area contributed by atoms with Crippen molar-refractivity contribution < 1.29 is 9.53 Å². The summed E-state index contributed by atoms with van der Waals surface area (Å²) >= 11 is 0. The molecule has 1 aromatic carbocycles. The van der Waals surface area contributed by atoms with E-state index in [-0.39, 0.29) is 18.1 Å². The van der Waals surface area contributed by atoms with Crippen molar-refractivity contribution in [2.45, 2.75) is 39.8 Å². The van der Waals surface area contributed by atoms with Gasteiger partial charge >= 0.3 is 0 Å². The van der Waals surface area contributed by atoms with Crippen molar-refractivity contribution in [3.05, 3.63) is 29.8 Å². The SMILES string of the molecule is CC(C)NC(=O)c1ccccc1OC(C)C. The number of carbonyl (C=O) groups excluding carboxylic acids is 1. The number of benzene rings is 1. The third-order valence-electron chi connectivity index (χ3n) is 1.91. The maximum absolute atomic E-state index is 11.9. The lowest BCUT2D eigenvalue weighted by Gasteiger charge is -2.15. The van der Waals surface area contributed by atoms with Gasteiger partial charge in [-0.15, -0.1) is 0 Å². The summed E-state index contributed by atoms with van der Waals surface area (Å²) in [5.74, 6) is 0.543. The molecule has 0 bridgehead atoms. The Bertz CT molecular complexity index is 359. The Balaban J connectivity index is 2.89. The van der Waals surface area contributed by atoms with Crippen molar-refractivity contribution in [3.8, 4) is 5.75 Å². The molecule has 0 unspecified atom stereocenters. The van der Waals surface area contributed by atoms with Crippen LogP contribution in [0.5, 0.6) is 5.75 Å². The molecule has 0 saturated heterocycles. The molecular formula is C13H19NO2. The summed E-state index contributed by atoms with van der Waals surface area (Å²) in [4.78, 5) is 11.9. The van der Waals surface area contributed by atoms with Crippen LogP contribution in [0.25, 0.3) is 0 Å². The Labute approximate surface area is 96.8 Å². The topological polar surface area (TPSA) is 38.3 Å². The second-order valence-electron chi connectivity index (χ2n) is 4.29. The summed E-state index contributed by atoms with van der Waals surface area (Å²) < 4.78 is 5.59. The molecule has 0 fully saturated rings. The Morgan fingerprint density at radius 2 is 1.81 bits per heavy atom. The number of amides is 1. The van der Waals surface area contributed by atoms with Crippen molar-refractivity contribution in [3.63, 3.8) is 0 Å². The fourth-order valence-electron chi connectivity index (χ4n) is 1.35. The van der Waals surface area contributed by atoms with E-state index >= 15 is 0 Å². The van der Waals surface area contributed by atoms with E-state index in [2.05, 4.69) is 5.32 Å². The lowest BCUT2D eigenvalue weighted by atomic mass is 10.1. The van der Waals surface area contributed by atoms with E-state index < -0.39 is 0 Å². The van der Waals surface area contributed by atoms with Crippen LogP contribution in [0.2, 0.25) is 0 Å². The smallest absolute Gasteiger partial charge is 0.255 e. The molecule has 0 aliphatic rings. The standard InChI is InChI=1S/C13H19NO2/c1-9(2)14-13(15)11-7-5-6-8-12(11)16-10(3)4/h5-10H,1-4H3,(H,14,15). The van der Waals surface area contributed by atoms with Gasteiger partial charge in [-0.05, 0) is 39.8 Å². The first-order chi connectivity index (χ1) is 7.50. The highest BCUT2D eigenvalue weighted by atomic mass is 16.5. The molecule has 1 aromatic rings. The molecule has 0 aromatic heterocycles. The summed E-state index contributed by atoms with van der Waals surface area (Å²) in [5, 5.41) is 2.85. The molecule has 1 N–H and O–H groups in total. The van der Waals surface area contributed by atoms with Crippen LogP contribution in [-0.4, -0.2) is 18.1 Å². The van der Waals surface area contributed by atoms with Crippen LogP contribution in [0.3, 0.4) is 0 Å². The van der Waals surface area contributed by atoms with Crippen molar-refractivity contribution in [2.75, 3.05) is 0 Å². The molecule has 16 heavy (non-hydrogen) atoms. The molecule has 1 amide bonds. The number of rotatable bonds is 4. The predicted molar refractivity (Wildman–Crippen MR) is 64.8 cm³/mol. The summed E-state index contributed by atoms with van der Waals surface area (Å²) in [6.45, 7) is 7.75. The Kier molecular flexibility index (Phi) is 4.35. The summed E-state index contributed by atoms with van der Waals surface area (Å²) in [7, 11) is 0. The molecule has 0 spiro atoms. The molecule has 88 valence electrons. The Morgan fingerprint density at radius 3 is 2.38 bits per heavy atom. The fraction of sp³-hybridized carbons (Fsp3) is 0.462. The number of carbonyl (C=O) groups is 1. The largest absolute Gasteiger partial charge is 0.490 e. The molecule has 0 aliphatic carbocycles. The van der Waals surface area contributed by atoms with Crippen molar-refractivity contribution in [1.29, 1.82) is 0 Å². The fourth-order valence-corrected chi connectivity index (χ4v) is 1.35. The molecule has 0 atom stereocenters. The zero-order chi connectivity index (χ0) is 12.1. The van der Waals surface area contributed by atoms with Gasteiger partial charge in [0.05, 0.1) is 11.7 Å². The average Bonchev–Trinajstić information content (AvgIpc) is 2.16. The van der Waals surface area contributed by atoms with Crippen LogP contribution in [0.15, 0.2) is 24.3 Å². The van der Waals surface area contributed by atoms with E-state index in [1.807, 2.05) is 45.9 Å². The molecule has 0 saturated carbocycles. The first kappa shape index (κ1) is 12.6. The van der Waals surface area contributed by atoms with Crippen LogP contribution in [0.4, 0.5) is 0 Å². The summed E-state index contributed by atoms with van der Waals surface area (Å²) in [6.07, 6.45) is 0.0630. The average molecular weight is 221 g/mol. The maximum Gasteiger partial charge on any atom is 0.255 e. The van der Waals surface area contributed by atoms with Crippen molar-refractivity contribution >= 4 is 5.91 Å². The highest BCUT2D eigenvalue weighted by Crippen LogP contribution is 2.19. The van der Waals surface area contributed by atoms with E-state index in [4.69, 9.17) is 4.74 Å². The highest BCUT2D eigenvalue weighted by molar-refractivity contribution is 5.97. The van der Waals surface area contributed by atoms with Gasteiger partial charge in [0.2, 0.25) is 0 Å². The summed E-state index contributed by atoms with van der Waals surface area (Å²) in [6, 6.07) is 7.41. The minimum Gasteiger partial charge on any atom is -0.490 e. The lowest BCUT2D eigenvalue weighted by Crippen LogP contribution is -2.30. The quantitative estimate of drug-likeness (QED) is 0.848.